The minimum Gasteiger partial charge on any atom is -0.324 e. The van der Waals surface area contributed by atoms with Crippen molar-refractivity contribution in [2.45, 2.75) is 13.8 Å². The normalized spacial score (nSPS) is 10.2. The highest BCUT2D eigenvalue weighted by molar-refractivity contribution is 5.97. The van der Waals surface area contributed by atoms with Crippen LogP contribution in [-0.2, 0) is 0 Å². The maximum Gasteiger partial charge on any atom is 0.337 e. The van der Waals surface area contributed by atoms with Crippen LogP contribution in [0.2, 0.25) is 0 Å². The first-order chi connectivity index (χ1) is 12.5. The fourth-order valence-electron chi connectivity index (χ4n) is 2.69. The summed E-state index contributed by atoms with van der Waals surface area (Å²) in [6.07, 6.45) is 3.85. The SMILES string of the molecule is Cc1cc(C)cc(NC(=O)NNC(=O)c2ccc(-n3cccc3)cc2)c1. The smallest absolute Gasteiger partial charge is 0.324 e. The van der Waals surface area contributed by atoms with Gasteiger partial charge in [0.2, 0.25) is 0 Å². The molecule has 0 aliphatic heterocycles. The van der Waals surface area contributed by atoms with Gasteiger partial charge in [0.05, 0.1) is 0 Å². The maximum atomic E-state index is 12.1. The van der Waals surface area contributed by atoms with E-state index in [1.165, 1.54) is 0 Å². The van der Waals surface area contributed by atoms with Crippen LogP contribution in [0.5, 0.6) is 0 Å². The van der Waals surface area contributed by atoms with E-state index in [9.17, 15) is 9.59 Å². The van der Waals surface area contributed by atoms with Crippen LogP contribution in [0.15, 0.2) is 67.0 Å². The molecule has 132 valence electrons. The van der Waals surface area contributed by atoms with Crippen molar-refractivity contribution in [3.63, 3.8) is 0 Å². The molecular formula is C20H20N4O2. The predicted octanol–water partition coefficient (Wildman–Crippen LogP) is 3.56. The lowest BCUT2D eigenvalue weighted by atomic mass is 10.1. The molecular weight excluding hydrogens is 328 g/mol. The molecule has 6 heteroatoms. The summed E-state index contributed by atoms with van der Waals surface area (Å²) in [7, 11) is 0. The van der Waals surface area contributed by atoms with E-state index >= 15 is 0 Å². The van der Waals surface area contributed by atoms with Crippen LogP contribution in [0.25, 0.3) is 5.69 Å². The van der Waals surface area contributed by atoms with Crippen molar-refractivity contribution < 1.29 is 9.59 Å². The lowest BCUT2D eigenvalue weighted by Gasteiger charge is -2.10. The average molecular weight is 348 g/mol. The van der Waals surface area contributed by atoms with Gasteiger partial charge < -0.3 is 9.88 Å². The Morgan fingerprint density at radius 1 is 0.846 bits per heavy atom. The largest absolute Gasteiger partial charge is 0.337 e. The molecule has 0 atom stereocenters. The third kappa shape index (κ3) is 4.30. The van der Waals surface area contributed by atoms with Crippen LogP contribution in [0, 0.1) is 13.8 Å². The predicted molar refractivity (Wildman–Crippen MR) is 101 cm³/mol. The Hall–Kier alpha value is -3.54. The van der Waals surface area contributed by atoms with Gasteiger partial charge in [0.25, 0.3) is 5.91 Å². The van der Waals surface area contributed by atoms with Crippen LogP contribution in [0.3, 0.4) is 0 Å². The highest BCUT2D eigenvalue weighted by Gasteiger charge is 2.08. The zero-order valence-corrected chi connectivity index (χ0v) is 14.6. The standard InChI is InChI=1S/C20H20N4O2/c1-14-11-15(2)13-17(12-14)21-20(26)23-22-19(25)16-5-7-18(8-6-16)24-9-3-4-10-24/h3-13H,1-2H3,(H,22,25)(H2,21,23,26). The van der Waals surface area contributed by atoms with Crippen molar-refractivity contribution >= 4 is 17.6 Å². The van der Waals surface area contributed by atoms with Crippen LogP contribution in [-0.4, -0.2) is 16.5 Å². The molecule has 3 N–H and O–H groups in total. The van der Waals surface area contributed by atoms with E-state index in [1.54, 1.807) is 12.1 Å². The molecule has 0 fully saturated rings. The summed E-state index contributed by atoms with van der Waals surface area (Å²) in [4.78, 5) is 24.1. The van der Waals surface area contributed by atoms with Crippen molar-refractivity contribution in [2.24, 2.45) is 0 Å². The fraction of sp³-hybridized carbons (Fsp3) is 0.100. The van der Waals surface area contributed by atoms with Gasteiger partial charge in [-0.15, -0.1) is 0 Å². The van der Waals surface area contributed by atoms with Crippen molar-refractivity contribution in [3.05, 3.63) is 83.7 Å². The number of amides is 3. The molecule has 0 unspecified atom stereocenters. The molecule has 2 aromatic carbocycles. The molecule has 0 aliphatic carbocycles. The number of carbonyl (C=O) groups excluding carboxylic acids is 2. The van der Waals surface area contributed by atoms with Gasteiger partial charge in [-0.05, 0) is 73.5 Å². The highest BCUT2D eigenvalue weighted by atomic mass is 16.2. The zero-order valence-electron chi connectivity index (χ0n) is 14.6. The molecule has 1 heterocycles. The van der Waals surface area contributed by atoms with E-state index in [0.717, 1.165) is 16.8 Å². The molecule has 0 spiro atoms. The number of aryl methyl sites for hydroxylation is 2. The monoisotopic (exact) mass is 348 g/mol. The molecule has 0 radical (unpaired) electrons. The third-order valence-electron chi connectivity index (χ3n) is 3.80. The van der Waals surface area contributed by atoms with Gasteiger partial charge in [0.1, 0.15) is 0 Å². The first kappa shape index (κ1) is 17.3. The molecule has 6 nitrogen and oxygen atoms in total. The van der Waals surface area contributed by atoms with Gasteiger partial charge in [-0.25, -0.2) is 10.2 Å². The first-order valence-electron chi connectivity index (χ1n) is 8.20. The zero-order chi connectivity index (χ0) is 18.5. The average Bonchev–Trinajstić information content (AvgIpc) is 3.13. The van der Waals surface area contributed by atoms with Gasteiger partial charge >= 0.3 is 6.03 Å². The van der Waals surface area contributed by atoms with Crippen molar-refractivity contribution in [3.8, 4) is 5.69 Å². The molecule has 0 bridgehead atoms. The number of nitrogens with zero attached hydrogens (tertiary/aromatic N) is 1. The number of nitrogens with one attached hydrogen (secondary N) is 3. The summed E-state index contributed by atoms with van der Waals surface area (Å²) < 4.78 is 1.94. The number of carbonyl (C=O) groups is 2. The topological polar surface area (TPSA) is 75.2 Å². The Bertz CT molecular complexity index is 895. The van der Waals surface area contributed by atoms with Gasteiger partial charge in [0.15, 0.2) is 0 Å². The summed E-state index contributed by atoms with van der Waals surface area (Å²) in [5.41, 5.74) is 8.92. The number of benzene rings is 2. The number of hydrazine groups is 1. The number of urea groups is 1. The molecule has 0 saturated heterocycles. The van der Waals surface area contributed by atoms with E-state index in [1.807, 2.05) is 73.3 Å². The highest BCUT2D eigenvalue weighted by Crippen LogP contribution is 2.13. The number of anilines is 1. The van der Waals surface area contributed by atoms with E-state index in [4.69, 9.17) is 0 Å². The first-order valence-corrected chi connectivity index (χ1v) is 8.20. The second-order valence-electron chi connectivity index (χ2n) is 6.05. The molecule has 3 amide bonds. The van der Waals surface area contributed by atoms with Gasteiger partial charge in [-0.3, -0.25) is 10.2 Å². The summed E-state index contributed by atoms with van der Waals surface area (Å²) in [6.45, 7) is 3.91. The molecule has 3 aromatic rings. The molecule has 0 saturated carbocycles. The lowest BCUT2D eigenvalue weighted by Crippen LogP contribution is -2.43. The second-order valence-corrected chi connectivity index (χ2v) is 6.05. The summed E-state index contributed by atoms with van der Waals surface area (Å²) in [5.74, 6) is -0.389. The Morgan fingerprint density at radius 3 is 2.08 bits per heavy atom. The number of aromatic nitrogens is 1. The minimum absolute atomic E-state index is 0.389. The molecule has 0 aliphatic rings. The Labute approximate surface area is 151 Å². The lowest BCUT2D eigenvalue weighted by molar-refractivity contribution is 0.0938. The fourth-order valence-corrected chi connectivity index (χ4v) is 2.69. The molecule has 1 aromatic heterocycles. The Balaban J connectivity index is 1.55. The van der Waals surface area contributed by atoms with Crippen LogP contribution >= 0.6 is 0 Å². The Kier molecular flexibility index (Phi) is 5.03. The number of hydrogen-bond donors (Lipinski definition) is 3. The van der Waals surface area contributed by atoms with Crippen LogP contribution < -0.4 is 16.2 Å². The van der Waals surface area contributed by atoms with Crippen molar-refractivity contribution in [2.75, 3.05) is 5.32 Å². The van der Waals surface area contributed by atoms with E-state index < -0.39 is 6.03 Å². The molecule has 3 rings (SSSR count). The molecule has 26 heavy (non-hydrogen) atoms. The maximum absolute atomic E-state index is 12.1. The number of hydrogen-bond acceptors (Lipinski definition) is 2. The summed E-state index contributed by atoms with van der Waals surface area (Å²) in [5, 5.41) is 2.69. The number of rotatable bonds is 3. The van der Waals surface area contributed by atoms with Crippen LogP contribution in [0.4, 0.5) is 10.5 Å². The van der Waals surface area contributed by atoms with E-state index in [2.05, 4.69) is 16.2 Å². The van der Waals surface area contributed by atoms with Crippen molar-refractivity contribution in [1.29, 1.82) is 0 Å². The quantitative estimate of drug-likeness (QED) is 0.633. The van der Waals surface area contributed by atoms with Crippen molar-refractivity contribution in [1.82, 2.24) is 15.4 Å². The summed E-state index contributed by atoms with van der Waals surface area (Å²) in [6, 6.07) is 16.2. The summed E-state index contributed by atoms with van der Waals surface area (Å²) >= 11 is 0. The second kappa shape index (κ2) is 7.57. The third-order valence-corrected chi connectivity index (χ3v) is 3.80. The van der Waals surface area contributed by atoms with Gasteiger partial charge in [0, 0.05) is 29.3 Å². The Morgan fingerprint density at radius 2 is 1.46 bits per heavy atom. The van der Waals surface area contributed by atoms with Gasteiger partial charge in [-0.1, -0.05) is 6.07 Å². The van der Waals surface area contributed by atoms with Gasteiger partial charge in [-0.2, -0.15) is 0 Å². The van der Waals surface area contributed by atoms with Crippen LogP contribution in [0.1, 0.15) is 21.5 Å². The minimum atomic E-state index is -0.507. The van der Waals surface area contributed by atoms with E-state index in [0.29, 0.717) is 11.3 Å². The van der Waals surface area contributed by atoms with E-state index in [-0.39, 0.29) is 5.91 Å².